The van der Waals surface area contributed by atoms with E-state index in [2.05, 4.69) is 20.9 Å². The SMILES string of the molecule is CCOc1cc(/C=C2/SC(=Nc3ccc(F)cc3)N(CC)C2=O)cc(Br)c1OCc1ccc(Cl)c(Cl)c1. The molecule has 192 valence electrons. The van der Waals surface area contributed by atoms with Crippen molar-refractivity contribution in [1.82, 2.24) is 4.90 Å². The molecule has 0 atom stereocenters. The first-order valence-electron chi connectivity index (χ1n) is 11.4. The Morgan fingerprint density at radius 2 is 1.81 bits per heavy atom. The Kier molecular flexibility index (Phi) is 9.18. The fourth-order valence-corrected chi connectivity index (χ4v) is 5.46. The molecule has 1 fully saturated rings. The molecule has 0 spiro atoms. The largest absolute Gasteiger partial charge is 0.490 e. The summed E-state index contributed by atoms with van der Waals surface area (Å²) in [4.78, 5) is 19.7. The van der Waals surface area contributed by atoms with E-state index in [4.69, 9.17) is 32.7 Å². The van der Waals surface area contributed by atoms with Gasteiger partial charge < -0.3 is 9.47 Å². The third-order valence-electron chi connectivity index (χ3n) is 5.25. The number of amidine groups is 1. The molecule has 0 bridgehead atoms. The molecule has 0 radical (unpaired) electrons. The Bertz CT molecular complexity index is 1380. The molecule has 0 saturated carbocycles. The molecule has 1 amide bonds. The topological polar surface area (TPSA) is 51.1 Å². The van der Waals surface area contributed by atoms with Crippen LogP contribution in [-0.2, 0) is 11.4 Å². The molecule has 0 N–H and O–H groups in total. The molecule has 4 rings (SSSR count). The summed E-state index contributed by atoms with van der Waals surface area (Å²) in [6.45, 7) is 4.92. The fraction of sp³-hybridized carbons (Fsp3) is 0.185. The van der Waals surface area contributed by atoms with Crippen molar-refractivity contribution in [2.75, 3.05) is 13.2 Å². The number of ether oxygens (including phenoxy) is 2. The molecule has 10 heteroatoms. The second kappa shape index (κ2) is 12.3. The van der Waals surface area contributed by atoms with Crippen LogP contribution < -0.4 is 9.47 Å². The van der Waals surface area contributed by atoms with Gasteiger partial charge in [0.1, 0.15) is 12.4 Å². The van der Waals surface area contributed by atoms with E-state index < -0.39 is 0 Å². The number of aliphatic imine (C=N–C) groups is 1. The van der Waals surface area contributed by atoms with Crippen molar-refractivity contribution in [2.24, 2.45) is 4.99 Å². The van der Waals surface area contributed by atoms with Crippen molar-refractivity contribution in [3.8, 4) is 11.5 Å². The van der Waals surface area contributed by atoms with Crippen molar-refractivity contribution in [3.05, 3.63) is 91.0 Å². The van der Waals surface area contributed by atoms with Crippen LogP contribution in [0.25, 0.3) is 6.08 Å². The fourth-order valence-electron chi connectivity index (χ4n) is 3.51. The number of rotatable bonds is 8. The van der Waals surface area contributed by atoms with Gasteiger partial charge in [0.25, 0.3) is 5.91 Å². The molecule has 0 unspecified atom stereocenters. The van der Waals surface area contributed by atoms with Crippen LogP contribution >= 0.6 is 50.9 Å². The molecule has 1 aliphatic heterocycles. The van der Waals surface area contributed by atoms with E-state index in [0.29, 0.717) is 54.9 Å². The van der Waals surface area contributed by atoms with Gasteiger partial charge in [-0.05, 0) is 107 Å². The normalized spacial score (nSPS) is 15.6. The van der Waals surface area contributed by atoms with Gasteiger partial charge in [0.15, 0.2) is 16.7 Å². The highest BCUT2D eigenvalue weighted by molar-refractivity contribution is 9.10. The van der Waals surface area contributed by atoms with Gasteiger partial charge in [0, 0.05) is 6.54 Å². The van der Waals surface area contributed by atoms with E-state index in [0.717, 1.165) is 11.1 Å². The Hall–Kier alpha value is -2.52. The van der Waals surface area contributed by atoms with Crippen LogP contribution in [0.4, 0.5) is 10.1 Å². The van der Waals surface area contributed by atoms with Gasteiger partial charge >= 0.3 is 0 Å². The van der Waals surface area contributed by atoms with Crippen LogP contribution in [0.15, 0.2) is 69.0 Å². The van der Waals surface area contributed by atoms with Gasteiger partial charge in [0.05, 0.1) is 31.7 Å². The number of likely N-dealkylation sites (N-methyl/N-ethyl adjacent to an activating group) is 1. The highest BCUT2D eigenvalue weighted by Crippen LogP contribution is 2.40. The number of carbonyl (C=O) groups is 1. The Balaban J connectivity index is 1.60. The smallest absolute Gasteiger partial charge is 0.266 e. The molecule has 1 aliphatic rings. The summed E-state index contributed by atoms with van der Waals surface area (Å²) in [6, 6.07) is 14.8. The highest BCUT2D eigenvalue weighted by atomic mass is 79.9. The van der Waals surface area contributed by atoms with Crippen LogP contribution in [0.3, 0.4) is 0 Å². The van der Waals surface area contributed by atoms with Crippen molar-refractivity contribution in [2.45, 2.75) is 20.5 Å². The number of thioether (sulfide) groups is 1. The minimum absolute atomic E-state index is 0.151. The number of hydrogen-bond donors (Lipinski definition) is 0. The predicted octanol–water partition coefficient (Wildman–Crippen LogP) is 8.50. The third kappa shape index (κ3) is 6.68. The molecule has 1 heterocycles. The number of halogens is 4. The first-order chi connectivity index (χ1) is 17.8. The minimum atomic E-state index is -0.341. The summed E-state index contributed by atoms with van der Waals surface area (Å²) in [5.74, 6) is 0.579. The highest BCUT2D eigenvalue weighted by Gasteiger charge is 2.32. The van der Waals surface area contributed by atoms with Crippen LogP contribution in [0.2, 0.25) is 10.0 Å². The Labute approximate surface area is 237 Å². The lowest BCUT2D eigenvalue weighted by molar-refractivity contribution is -0.122. The van der Waals surface area contributed by atoms with Crippen molar-refractivity contribution in [1.29, 1.82) is 0 Å². The first-order valence-corrected chi connectivity index (χ1v) is 13.7. The Morgan fingerprint density at radius 3 is 2.49 bits per heavy atom. The summed E-state index contributed by atoms with van der Waals surface area (Å²) in [6.07, 6.45) is 1.79. The van der Waals surface area contributed by atoms with E-state index >= 15 is 0 Å². The Morgan fingerprint density at radius 1 is 1.05 bits per heavy atom. The zero-order valence-electron chi connectivity index (χ0n) is 19.9. The van der Waals surface area contributed by atoms with Gasteiger partial charge in [0.2, 0.25) is 0 Å². The van der Waals surface area contributed by atoms with Gasteiger partial charge in [-0.3, -0.25) is 9.69 Å². The molecular formula is C27H22BrCl2FN2O3S. The lowest BCUT2D eigenvalue weighted by atomic mass is 10.1. The molecule has 5 nitrogen and oxygen atoms in total. The zero-order valence-corrected chi connectivity index (χ0v) is 23.8. The average Bonchev–Trinajstić information content (AvgIpc) is 3.15. The maximum atomic E-state index is 13.3. The molecule has 0 aromatic heterocycles. The minimum Gasteiger partial charge on any atom is -0.490 e. The number of nitrogens with zero attached hydrogens (tertiary/aromatic N) is 2. The summed E-state index contributed by atoms with van der Waals surface area (Å²) in [5, 5.41) is 1.47. The second-order valence-corrected chi connectivity index (χ2v) is 10.5. The van der Waals surface area contributed by atoms with Crippen molar-refractivity contribution in [3.63, 3.8) is 0 Å². The average molecular weight is 624 g/mol. The molecule has 3 aromatic rings. The number of amides is 1. The maximum Gasteiger partial charge on any atom is 0.266 e. The predicted molar refractivity (Wildman–Crippen MR) is 153 cm³/mol. The second-order valence-electron chi connectivity index (χ2n) is 7.83. The zero-order chi connectivity index (χ0) is 26.5. The van der Waals surface area contributed by atoms with E-state index in [-0.39, 0.29) is 18.3 Å². The molecule has 37 heavy (non-hydrogen) atoms. The van der Waals surface area contributed by atoms with Gasteiger partial charge in [-0.2, -0.15) is 0 Å². The maximum absolute atomic E-state index is 13.3. The molecule has 1 saturated heterocycles. The molecular weight excluding hydrogens is 602 g/mol. The van der Waals surface area contributed by atoms with Crippen molar-refractivity contribution >= 4 is 73.7 Å². The monoisotopic (exact) mass is 622 g/mol. The number of benzene rings is 3. The summed E-state index contributed by atoms with van der Waals surface area (Å²) >= 11 is 17.0. The van der Waals surface area contributed by atoms with E-state index in [1.54, 1.807) is 35.2 Å². The number of carbonyl (C=O) groups excluding carboxylic acids is 1. The van der Waals surface area contributed by atoms with Gasteiger partial charge in [-0.1, -0.05) is 29.3 Å². The van der Waals surface area contributed by atoms with Gasteiger partial charge in [-0.25, -0.2) is 9.38 Å². The van der Waals surface area contributed by atoms with Crippen LogP contribution in [-0.4, -0.2) is 29.1 Å². The number of hydrogen-bond acceptors (Lipinski definition) is 5. The van der Waals surface area contributed by atoms with E-state index in [9.17, 15) is 9.18 Å². The third-order valence-corrected chi connectivity index (χ3v) is 7.59. The standard InChI is InChI=1S/C27H22BrCl2FN2O3S/c1-3-33-26(34)24(37-27(33)32-19-8-6-18(31)7-9-19)14-17-11-20(28)25(23(13-17)35-4-2)36-15-16-5-10-21(29)22(30)12-16/h5-14H,3-4,15H2,1-2H3/b24-14+,32-27?. The lowest BCUT2D eigenvalue weighted by Crippen LogP contribution is -2.28. The first kappa shape index (κ1) is 27.5. The summed E-state index contributed by atoms with van der Waals surface area (Å²) in [5.41, 5.74) is 2.18. The van der Waals surface area contributed by atoms with Gasteiger partial charge in [-0.15, -0.1) is 0 Å². The summed E-state index contributed by atoms with van der Waals surface area (Å²) < 4.78 is 25.8. The quantitative estimate of drug-likeness (QED) is 0.236. The van der Waals surface area contributed by atoms with E-state index in [1.807, 2.05) is 32.0 Å². The molecule has 0 aliphatic carbocycles. The van der Waals surface area contributed by atoms with Crippen LogP contribution in [0.5, 0.6) is 11.5 Å². The lowest BCUT2D eigenvalue weighted by Gasteiger charge is -2.15. The molecule has 3 aromatic carbocycles. The van der Waals surface area contributed by atoms with E-state index in [1.165, 1.54) is 23.9 Å². The summed E-state index contributed by atoms with van der Waals surface area (Å²) in [7, 11) is 0. The van der Waals surface area contributed by atoms with Crippen LogP contribution in [0.1, 0.15) is 25.0 Å². The van der Waals surface area contributed by atoms with Crippen LogP contribution in [0, 0.1) is 5.82 Å². The van der Waals surface area contributed by atoms with Crippen molar-refractivity contribution < 1.29 is 18.7 Å².